The SMILES string of the molecule is C[C@@H](C1CC1)N(Cc1ccccc1)C(=O)CN1C(=O)NC2(CCc3cc(C(=O)O)ccc32)C1=O. The second-order valence-electron chi connectivity index (χ2n) is 9.49. The summed E-state index contributed by atoms with van der Waals surface area (Å²) in [5, 5.41) is 12.1. The van der Waals surface area contributed by atoms with Crippen molar-refractivity contribution in [1.29, 1.82) is 0 Å². The van der Waals surface area contributed by atoms with Crippen molar-refractivity contribution in [3.8, 4) is 0 Å². The van der Waals surface area contributed by atoms with E-state index in [-0.39, 0.29) is 24.1 Å². The van der Waals surface area contributed by atoms with Crippen LogP contribution in [0.4, 0.5) is 4.79 Å². The van der Waals surface area contributed by atoms with Crippen molar-refractivity contribution >= 4 is 23.8 Å². The molecular formula is C26H27N3O5. The molecule has 8 nitrogen and oxygen atoms in total. The number of urea groups is 1. The summed E-state index contributed by atoms with van der Waals surface area (Å²) in [5.41, 5.74) is 1.24. The zero-order chi connectivity index (χ0) is 24.0. The van der Waals surface area contributed by atoms with E-state index in [0.717, 1.165) is 28.9 Å². The van der Waals surface area contributed by atoms with E-state index in [9.17, 15) is 24.3 Å². The molecule has 0 aromatic heterocycles. The Hall–Kier alpha value is -3.68. The second kappa shape index (κ2) is 8.27. The van der Waals surface area contributed by atoms with E-state index in [2.05, 4.69) is 5.32 Å². The third-order valence-electron chi connectivity index (χ3n) is 7.36. The largest absolute Gasteiger partial charge is 0.478 e. The molecule has 2 aromatic rings. The zero-order valence-electron chi connectivity index (χ0n) is 19.0. The van der Waals surface area contributed by atoms with Gasteiger partial charge in [-0.2, -0.15) is 0 Å². The maximum atomic E-state index is 13.5. The van der Waals surface area contributed by atoms with Crippen LogP contribution in [0.25, 0.3) is 0 Å². The lowest BCUT2D eigenvalue weighted by atomic mass is 9.91. The van der Waals surface area contributed by atoms with Gasteiger partial charge in [0.25, 0.3) is 5.91 Å². The van der Waals surface area contributed by atoms with Crippen LogP contribution in [-0.4, -0.2) is 51.3 Å². The summed E-state index contributed by atoms with van der Waals surface area (Å²) < 4.78 is 0. The Morgan fingerprint density at radius 3 is 2.59 bits per heavy atom. The van der Waals surface area contributed by atoms with Crippen molar-refractivity contribution in [2.45, 2.75) is 50.7 Å². The molecule has 1 aliphatic heterocycles. The Balaban J connectivity index is 1.37. The summed E-state index contributed by atoms with van der Waals surface area (Å²) in [4.78, 5) is 53.9. The fourth-order valence-corrected chi connectivity index (χ4v) is 5.23. The quantitative estimate of drug-likeness (QED) is 0.617. The highest BCUT2D eigenvalue weighted by atomic mass is 16.4. The van der Waals surface area contributed by atoms with Crippen LogP contribution in [0.2, 0.25) is 0 Å². The fraction of sp³-hybridized carbons (Fsp3) is 0.385. The van der Waals surface area contributed by atoms with Crippen LogP contribution in [0, 0.1) is 5.92 Å². The van der Waals surface area contributed by atoms with E-state index in [4.69, 9.17) is 0 Å². The van der Waals surface area contributed by atoms with Gasteiger partial charge in [0.15, 0.2) is 0 Å². The molecule has 4 amide bonds. The molecule has 1 unspecified atom stereocenters. The molecule has 0 bridgehead atoms. The number of hydrogen-bond acceptors (Lipinski definition) is 4. The van der Waals surface area contributed by atoms with E-state index >= 15 is 0 Å². The van der Waals surface area contributed by atoms with E-state index in [1.165, 1.54) is 6.07 Å². The molecule has 1 heterocycles. The number of nitrogens with one attached hydrogen (secondary N) is 1. The van der Waals surface area contributed by atoms with Gasteiger partial charge in [-0.15, -0.1) is 0 Å². The van der Waals surface area contributed by atoms with Gasteiger partial charge in [-0.3, -0.25) is 14.5 Å². The van der Waals surface area contributed by atoms with Crippen molar-refractivity contribution in [3.05, 3.63) is 70.8 Å². The molecule has 2 fully saturated rings. The number of carboxylic acid groups (broad SMARTS) is 1. The number of benzene rings is 2. The number of carboxylic acids is 1. The first-order valence-corrected chi connectivity index (χ1v) is 11.6. The Kier molecular flexibility index (Phi) is 5.38. The normalized spacial score (nSPS) is 22.0. The molecule has 1 spiro atoms. The maximum absolute atomic E-state index is 13.5. The van der Waals surface area contributed by atoms with Gasteiger partial charge in [0.2, 0.25) is 5.91 Å². The number of carbonyl (C=O) groups is 4. The number of aryl methyl sites for hydroxylation is 1. The smallest absolute Gasteiger partial charge is 0.335 e. The highest BCUT2D eigenvalue weighted by Gasteiger charge is 2.56. The van der Waals surface area contributed by atoms with E-state index in [0.29, 0.717) is 30.9 Å². The highest BCUT2D eigenvalue weighted by Crippen LogP contribution is 2.42. The molecule has 3 aliphatic rings. The standard InChI is InChI=1S/C26H27N3O5/c1-16(18-7-8-18)28(14-17-5-3-2-4-6-17)22(30)15-29-24(33)26(27-25(29)34)12-11-19-13-20(23(31)32)9-10-21(19)26/h2-6,9-10,13,16,18H,7-8,11-12,14-15H2,1H3,(H,27,34)(H,31,32)/t16-,26?/m0/s1. The van der Waals surface area contributed by atoms with Gasteiger partial charge < -0.3 is 15.3 Å². The van der Waals surface area contributed by atoms with Crippen molar-refractivity contribution in [3.63, 3.8) is 0 Å². The van der Waals surface area contributed by atoms with Crippen LogP contribution in [-0.2, 0) is 28.1 Å². The molecular weight excluding hydrogens is 434 g/mol. The average Bonchev–Trinajstić information content (AvgIpc) is 3.58. The van der Waals surface area contributed by atoms with Gasteiger partial charge >= 0.3 is 12.0 Å². The number of imide groups is 1. The van der Waals surface area contributed by atoms with Crippen LogP contribution in [0.15, 0.2) is 48.5 Å². The Morgan fingerprint density at radius 2 is 1.91 bits per heavy atom. The molecule has 2 aliphatic carbocycles. The molecule has 2 N–H and O–H groups in total. The first-order chi connectivity index (χ1) is 16.3. The van der Waals surface area contributed by atoms with Crippen LogP contribution in [0.5, 0.6) is 0 Å². The third-order valence-corrected chi connectivity index (χ3v) is 7.36. The number of nitrogens with zero attached hydrogens (tertiary/aromatic N) is 2. The summed E-state index contributed by atoms with van der Waals surface area (Å²) in [6, 6.07) is 13.7. The first-order valence-electron chi connectivity index (χ1n) is 11.6. The first kappa shape index (κ1) is 22.1. The molecule has 5 rings (SSSR count). The minimum atomic E-state index is -1.24. The minimum absolute atomic E-state index is 0.0177. The third kappa shape index (κ3) is 3.73. The second-order valence-corrected chi connectivity index (χ2v) is 9.49. The van der Waals surface area contributed by atoms with Crippen molar-refractivity contribution in [2.75, 3.05) is 6.54 Å². The average molecular weight is 462 g/mol. The van der Waals surface area contributed by atoms with Gasteiger partial charge in [-0.25, -0.2) is 9.59 Å². The predicted molar refractivity (Wildman–Crippen MR) is 123 cm³/mol. The lowest BCUT2D eigenvalue weighted by Crippen LogP contribution is -2.47. The highest BCUT2D eigenvalue weighted by molar-refractivity contribution is 6.10. The monoisotopic (exact) mass is 461 g/mol. The summed E-state index contributed by atoms with van der Waals surface area (Å²) >= 11 is 0. The van der Waals surface area contributed by atoms with Crippen molar-refractivity contribution in [1.82, 2.24) is 15.1 Å². The lowest BCUT2D eigenvalue weighted by Gasteiger charge is -2.31. The van der Waals surface area contributed by atoms with Gasteiger partial charge in [-0.05, 0) is 67.3 Å². The number of fused-ring (bicyclic) bond motifs is 2. The van der Waals surface area contributed by atoms with Crippen LogP contribution >= 0.6 is 0 Å². The fourth-order valence-electron chi connectivity index (χ4n) is 5.23. The summed E-state index contributed by atoms with van der Waals surface area (Å²) in [6.45, 7) is 2.13. The Bertz CT molecular complexity index is 1180. The van der Waals surface area contributed by atoms with E-state index in [1.807, 2.05) is 37.3 Å². The van der Waals surface area contributed by atoms with Gasteiger partial charge in [0.05, 0.1) is 5.56 Å². The molecule has 8 heteroatoms. The molecule has 2 atom stereocenters. The summed E-state index contributed by atoms with van der Waals surface area (Å²) in [7, 11) is 0. The Labute approximate surface area is 197 Å². The predicted octanol–water partition coefficient (Wildman–Crippen LogP) is 2.91. The molecule has 0 radical (unpaired) electrons. The maximum Gasteiger partial charge on any atom is 0.335 e. The molecule has 1 saturated heterocycles. The topological polar surface area (TPSA) is 107 Å². The minimum Gasteiger partial charge on any atom is -0.478 e. The summed E-state index contributed by atoms with van der Waals surface area (Å²) in [5.74, 6) is -1.32. The number of carbonyl (C=O) groups excluding carboxylic acids is 3. The lowest BCUT2D eigenvalue weighted by molar-refractivity contribution is -0.141. The van der Waals surface area contributed by atoms with Gasteiger partial charge in [0.1, 0.15) is 12.1 Å². The van der Waals surface area contributed by atoms with Crippen LogP contribution in [0.1, 0.15) is 53.2 Å². The molecule has 2 aromatic carbocycles. The molecule has 34 heavy (non-hydrogen) atoms. The van der Waals surface area contributed by atoms with Crippen LogP contribution < -0.4 is 5.32 Å². The number of aromatic carboxylic acids is 1. The number of hydrogen-bond donors (Lipinski definition) is 2. The van der Waals surface area contributed by atoms with Crippen LogP contribution in [0.3, 0.4) is 0 Å². The van der Waals surface area contributed by atoms with Gasteiger partial charge in [-0.1, -0.05) is 36.4 Å². The van der Waals surface area contributed by atoms with E-state index < -0.39 is 23.4 Å². The van der Waals surface area contributed by atoms with Gasteiger partial charge in [0, 0.05) is 12.6 Å². The summed E-state index contributed by atoms with van der Waals surface area (Å²) in [6.07, 6.45) is 2.96. The zero-order valence-corrected chi connectivity index (χ0v) is 19.0. The van der Waals surface area contributed by atoms with E-state index in [1.54, 1.807) is 17.0 Å². The van der Waals surface area contributed by atoms with Crippen molar-refractivity contribution < 1.29 is 24.3 Å². The molecule has 1 saturated carbocycles. The Morgan fingerprint density at radius 1 is 1.18 bits per heavy atom. The molecule has 176 valence electrons. The van der Waals surface area contributed by atoms with Crippen molar-refractivity contribution in [2.24, 2.45) is 5.92 Å². The number of rotatable bonds is 7. The number of amides is 4.